The molecular weight excluding hydrogens is 791 g/mol. The predicted octanol–water partition coefficient (Wildman–Crippen LogP) is 8.81. The molecule has 54 heavy (non-hydrogen) atoms. The van der Waals surface area contributed by atoms with Crippen molar-refractivity contribution in [1.29, 1.82) is 26.3 Å². The second-order valence-corrected chi connectivity index (χ2v) is 12.6. The Hall–Kier alpha value is -6.28. The van der Waals surface area contributed by atoms with Crippen LogP contribution in [0.15, 0.2) is 40.9 Å². The molecule has 1 heterocycles. The minimum atomic E-state index is -1.84. The van der Waals surface area contributed by atoms with Gasteiger partial charge in [0.15, 0.2) is 52.2 Å². The van der Waals surface area contributed by atoms with Gasteiger partial charge in [-0.3, -0.25) is 0 Å². The highest BCUT2D eigenvalue weighted by atomic mass is 79.9. The highest BCUT2D eigenvalue weighted by Crippen LogP contribution is 2.37. The molecule has 18 heteroatoms. The molecule has 4 aromatic carbocycles. The fourth-order valence-corrected chi connectivity index (χ4v) is 4.81. The van der Waals surface area contributed by atoms with Gasteiger partial charge in [-0.15, -0.1) is 0 Å². The summed E-state index contributed by atoms with van der Waals surface area (Å²) in [7, 11) is -0.543. The first-order chi connectivity index (χ1) is 25.2. The molecule has 8 nitrogen and oxygen atoms in total. The Kier molecular flexibility index (Phi) is 13.0. The third-order valence-corrected chi connectivity index (χ3v) is 8.60. The summed E-state index contributed by atoms with van der Waals surface area (Å²) in [4.78, 5) is 3.37. The van der Waals surface area contributed by atoms with Crippen LogP contribution in [0, 0.1) is 110 Å². The Bertz CT molecular complexity index is 2320. The summed E-state index contributed by atoms with van der Waals surface area (Å²) < 4.78 is 117. The third kappa shape index (κ3) is 8.34. The predicted molar refractivity (Wildman–Crippen MR) is 178 cm³/mol. The fourth-order valence-electron chi connectivity index (χ4n) is 4.47. The van der Waals surface area contributed by atoms with Crippen molar-refractivity contribution in [2.75, 3.05) is 0 Å². The quantitative estimate of drug-likeness (QED) is 0.0648. The normalized spacial score (nSPS) is 13.3. The van der Waals surface area contributed by atoms with Crippen LogP contribution in [0.25, 0.3) is 16.0 Å². The summed E-state index contributed by atoms with van der Waals surface area (Å²) in [5.41, 5.74) is -3.62. The van der Waals surface area contributed by atoms with Crippen molar-refractivity contribution in [2.24, 2.45) is 0 Å². The van der Waals surface area contributed by atoms with Gasteiger partial charge in [-0.2, -0.15) is 26.3 Å². The monoisotopic (exact) mass is 808 g/mol. The summed E-state index contributed by atoms with van der Waals surface area (Å²) in [5.74, 6) is -13.8. The SMILES string of the molecule is N#Cc1c(F)c(F)c(Br)c(F)c1F.N#Cc1cc(C#N)cc(-c2c(F)c(F)c(C#N)c(F)c2F)c1.[C-]#[N+]c1cc(C#N)cc(B2OC(C)(C)C(C)(C)O2)c1. The molecule has 0 atom stereocenters. The molecule has 1 saturated heterocycles. The van der Waals surface area contributed by atoms with Crippen LogP contribution >= 0.6 is 15.9 Å². The molecule has 0 bridgehead atoms. The third-order valence-electron chi connectivity index (χ3n) is 7.90. The first-order valence-corrected chi connectivity index (χ1v) is 15.4. The molecule has 1 aliphatic rings. The largest absolute Gasteiger partial charge is 0.493 e. The van der Waals surface area contributed by atoms with Gasteiger partial charge in [0.25, 0.3) is 0 Å². The Labute approximate surface area is 311 Å². The molecule has 1 aliphatic heterocycles. The van der Waals surface area contributed by atoms with E-state index in [2.05, 4.69) is 26.8 Å². The zero-order valence-electron chi connectivity index (χ0n) is 27.9. The lowest BCUT2D eigenvalue weighted by atomic mass is 9.78. The van der Waals surface area contributed by atoms with Gasteiger partial charge in [0, 0.05) is 5.56 Å². The number of nitrogens with zero attached hydrogens (tertiary/aromatic N) is 6. The smallest absolute Gasteiger partial charge is 0.399 e. The van der Waals surface area contributed by atoms with E-state index in [0.717, 1.165) is 30.3 Å². The van der Waals surface area contributed by atoms with E-state index in [9.17, 15) is 35.1 Å². The molecule has 0 spiro atoms. The molecule has 4 aromatic rings. The van der Waals surface area contributed by atoms with Gasteiger partial charge in [-0.25, -0.2) is 40.0 Å². The van der Waals surface area contributed by atoms with Crippen LogP contribution in [0.4, 0.5) is 40.8 Å². The van der Waals surface area contributed by atoms with E-state index in [1.165, 1.54) is 0 Å². The molecule has 270 valence electrons. The maximum Gasteiger partial charge on any atom is 0.493 e. The minimum Gasteiger partial charge on any atom is -0.399 e. The minimum absolute atomic E-state index is 0.113. The number of benzene rings is 4. The lowest BCUT2D eigenvalue weighted by Crippen LogP contribution is -2.41. The zero-order chi connectivity index (χ0) is 40.9. The summed E-state index contributed by atoms with van der Waals surface area (Å²) in [6.07, 6.45) is 0. The van der Waals surface area contributed by atoms with Gasteiger partial charge >= 0.3 is 7.12 Å². The fraction of sp³-hybridized carbons (Fsp3) is 0.167. The standard InChI is InChI=1S/C15H3F4N3.C14H15BN2O2.C7BrF4N/c16-12-10(6-22)13(17)15(19)11(14(12)18)9-2-7(4-20)1-8(3-9)5-21;1-13(2)14(3,4)19-15(18-13)11-6-10(9-16)7-12(8-11)17-5;8-3-6(11)4(9)2(1-13)5(10)7(3)12/h1-3H;6-8H,1-4H3;. The van der Waals surface area contributed by atoms with E-state index < -0.39 is 86.0 Å². The lowest BCUT2D eigenvalue weighted by molar-refractivity contribution is 0.00578. The maximum absolute atomic E-state index is 13.9. The molecule has 0 saturated carbocycles. The number of hydrogen-bond donors (Lipinski definition) is 0. The maximum atomic E-state index is 13.9. The molecular formula is C36H18BBrF8N6O2. The van der Waals surface area contributed by atoms with Crippen LogP contribution in [-0.4, -0.2) is 18.3 Å². The molecule has 0 radical (unpaired) electrons. The summed E-state index contributed by atoms with van der Waals surface area (Å²) >= 11 is 2.30. The average Bonchev–Trinajstić information content (AvgIpc) is 3.38. The Balaban J connectivity index is 0.000000225. The van der Waals surface area contributed by atoms with Crippen molar-refractivity contribution in [2.45, 2.75) is 38.9 Å². The van der Waals surface area contributed by atoms with Crippen LogP contribution < -0.4 is 5.46 Å². The first kappa shape index (κ1) is 42.1. The Morgan fingerprint density at radius 3 is 1.33 bits per heavy atom. The van der Waals surface area contributed by atoms with Gasteiger partial charge in [0.05, 0.1) is 57.1 Å². The molecule has 0 N–H and O–H groups in total. The molecule has 0 amide bonds. The van der Waals surface area contributed by atoms with Gasteiger partial charge in [0.1, 0.15) is 23.3 Å². The van der Waals surface area contributed by atoms with Gasteiger partial charge < -0.3 is 9.31 Å². The van der Waals surface area contributed by atoms with E-state index in [1.54, 1.807) is 30.3 Å². The van der Waals surface area contributed by atoms with Crippen LogP contribution in [-0.2, 0) is 9.31 Å². The number of halogens is 9. The van der Waals surface area contributed by atoms with Gasteiger partial charge in [0.2, 0.25) is 0 Å². The van der Waals surface area contributed by atoms with Crippen molar-refractivity contribution in [3.8, 4) is 41.5 Å². The van der Waals surface area contributed by atoms with Crippen molar-refractivity contribution in [1.82, 2.24) is 0 Å². The second kappa shape index (κ2) is 16.6. The Morgan fingerprint density at radius 1 is 0.574 bits per heavy atom. The summed E-state index contributed by atoms with van der Waals surface area (Å²) in [5, 5.41) is 43.3. The average molecular weight is 809 g/mol. The van der Waals surface area contributed by atoms with Crippen LogP contribution in [0.2, 0.25) is 0 Å². The number of rotatable bonds is 2. The van der Waals surface area contributed by atoms with E-state index >= 15 is 0 Å². The topological polar surface area (TPSA) is 142 Å². The van der Waals surface area contributed by atoms with Crippen molar-refractivity contribution >= 4 is 34.2 Å². The van der Waals surface area contributed by atoms with Crippen LogP contribution in [0.5, 0.6) is 0 Å². The van der Waals surface area contributed by atoms with Crippen molar-refractivity contribution < 1.29 is 44.4 Å². The zero-order valence-corrected chi connectivity index (χ0v) is 29.5. The molecule has 0 unspecified atom stereocenters. The summed E-state index contributed by atoms with van der Waals surface area (Å²) in [6, 6.07) is 15.5. The first-order valence-electron chi connectivity index (χ1n) is 14.6. The molecule has 5 rings (SSSR count). The van der Waals surface area contributed by atoms with E-state index in [0.29, 0.717) is 16.7 Å². The van der Waals surface area contributed by atoms with Crippen LogP contribution in [0.3, 0.4) is 0 Å². The van der Waals surface area contributed by atoms with E-state index in [1.807, 2.05) is 27.7 Å². The van der Waals surface area contributed by atoms with Crippen molar-refractivity contribution in [3.63, 3.8) is 0 Å². The molecule has 1 fully saturated rings. The number of nitriles is 5. The number of hydrogen-bond acceptors (Lipinski definition) is 7. The molecule has 0 aliphatic carbocycles. The highest BCUT2D eigenvalue weighted by molar-refractivity contribution is 9.10. The van der Waals surface area contributed by atoms with E-state index in [-0.39, 0.29) is 16.7 Å². The van der Waals surface area contributed by atoms with Crippen molar-refractivity contribution in [3.05, 3.63) is 127 Å². The molecule has 0 aromatic heterocycles. The highest BCUT2D eigenvalue weighted by Gasteiger charge is 2.51. The lowest BCUT2D eigenvalue weighted by Gasteiger charge is -2.32. The van der Waals surface area contributed by atoms with Gasteiger partial charge in [-0.05, 0) is 85.0 Å². The summed E-state index contributed by atoms with van der Waals surface area (Å²) in [6.45, 7) is 14.9. The second-order valence-electron chi connectivity index (χ2n) is 11.8. The van der Waals surface area contributed by atoms with E-state index in [4.69, 9.17) is 42.2 Å². The van der Waals surface area contributed by atoms with Gasteiger partial charge in [-0.1, -0.05) is 6.07 Å². The van der Waals surface area contributed by atoms with Crippen LogP contribution in [0.1, 0.15) is 55.5 Å². The Morgan fingerprint density at radius 2 is 0.963 bits per heavy atom.